The number of rotatable bonds is 5. The molecule has 26 heavy (non-hydrogen) atoms. The van der Waals surface area contributed by atoms with Gasteiger partial charge in [0.2, 0.25) is 5.39 Å². The normalized spacial score (nSPS) is 11.2. The molecule has 0 atom stereocenters. The van der Waals surface area contributed by atoms with Gasteiger partial charge in [0, 0.05) is 11.5 Å². The molecule has 0 amide bonds. The highest BCUT2D eigenvalue weighted by Gasteiger charge is 2.20. The molecule has 8 heteroatoms. The first kappa shape index (κ1) is 17.7. The van der Waals surface area contributed by atoms with Crippen LogP contribution in [0.25, 0.3) is 15.7 Å². The van der Waals surface area contributed by atoms with Crippen molar-refractivity contribution in [3.63, 3.8) is 0 Å². The lowest BCUT2D eigenvalue weighted by molar-refractivity contribution is -0.264. The molecule has 132 valence electrons. The summed E-state index contributed by atoms with van der Waals surface area (Å²) in [6, 6.07) is 13.7. The van der Waals surface area contributed by atoms with Crippen molar-refractivity contribution in [1.29, 1.82) is 5.39 Å². The topological polar surface area (TPSA) is 104 Å². The Hall–Kier alpha value is -3.15. The Morgan fingerprint density at radius 3 is 2.42 bits per heavy atom. The first-order valence-corrected chi connectivity index (χ1v) is 8.97. The molecule has 3 rings (SSSR count). The zero-order valence-corrected chi connectivity index (χ0v) is 14.6. The molecule has 0 heterocycles. The minimum absolute atomic E-state index is 0.120. The van der Waals surface area contributed by atoms with E-state index in [0.717, 1.165) is 0 Å². The fraction of sp³-hybridized carbons (Fsp3) is 0.111. The average Bonchev–Trinajstić information content (AvgIpc) is 2.67. The van der Waals surface area contributed by atoms with E-state index in [-0.39, 0.29) is 28.0 Å². The lowest BCUT2D eigenvalue weighted by atomic mass is 10.1. The highest BCUT2D eigenvalue weighted by atomic mass is 32.2. The zero-order valence-electron chi connectivity index (χ0n) is 13.7. The van der Waals surface area contributed by atoms with E-state index in [0.29, 0.717) is 11.3 Å². The zero-order chi connectivity index (χ0) is 18.7. The van der Waals surface area contributed by atoms with E-state index in [4.69, 9.17) is 14.3 Å². The van der Waals surface area contributed by atoms with Crippen LogP contribution >= 0.6 is 0 Å². The predicted molar refractivity (Wildman–Crippen MR) is 93.1 cm³/mol. The summed E-state index contributed by atoms with van der Waals surface area (Å²) in [5.41, 5.74) is 0.492. The lowest BCUT2D eigenvalue weighted by Gasteiger charge is -2.12. The summed E-state index contributed by atoms with van der Waals surface area (Å²) in [5.74, 6) is 0.0935. The number of benzene rings is 3. The standard InChI is InChI=1S/C18H14N2O5S/c1-24-13-7-5-12(6-8-13)11-25-26(22,23)17-4-2-3-15-14(17)9-10-16(20-19)18(15)21/h2-10H,11H2,1H3. The van der Waals surface area contributed by atoms with E-state index in [1.807, 2.05) is 0 Å². The smallest absolute Gasteiger partial charge is 0.378 e. The van der Waals surface area contributed by atoms with Gasteiger partial charge in [-0.25, -0.2) is 0 Å². The van der Waals surface area contributed by atoms with Gasteiger partial charge < -0.3 is 9.84 Å². The van der Waals surface area contributed by atoms with Crippen molar-refractivity contribution in [2.75, 3.05) is 7.11 Å². The van der Waals surface area contributed by atoms with Crippen LogP contribution in [-0.2, 0) is 20.9 Å². The number of methoxy groups -OCH3 is 1. The SMILES string of the molecule is COc1ccc(COS(=O)(=O)c2cccc3c([O-])c([N+]#N)ccc23)cc1. The van der Waals surface area contributed by atoms with Gasteiger partial charge in [-0.3, -0.25) is 4.18 Å². The third-order valence-electron chi connectivity index (χ3n) is 3.87. The minimum Gasteiger partial charge on any atom is -0.867 e. The van der Waals surface area contributed by atoms with Crippen LogP contribution < -0.4 is 9.84 Å². The van der Waals surface area contributed by atoms with E-state index in [1.165, 1.54) is 37.4 Å². The van der Waals surface area contributed by atoms with Crippen LogP contribution in [0.15, 0.2) is 59.5 Å². The highest BCUT2D eigenvalue weighted by molar-refractivity contribution is 7.87. The van der Waals surface area contributed by atoms with Crippen LogP contribution in [0.2, 0.25) is 0 Å². The van der Waals surface area contributed by atoms with Crippen molar-refractivity contribution in [3.05, 3.63) is 65.1 Å². The largest absolute Gasteiger partial charge is 0.867 e. The second-order valence-corrected chi connectivity index (χ2v) is 7.01. The molecule has 0 aromatic heterocycles. The Kier molecular flexibility index (Phi) is 4.75. The fourth-order valence-electron chi connectivity index (χ4n) is 2.52. The van der Waals surface area contributed by atoms with Gasteiger partial charge in [0.05, 0.1) is 13.7 Å². The van der Waals surface area contributed by atoms with Crippen LogP contribution in [0.4, 0.5) is 5.69 Å². The maximum atomic E-state index is 12.6. The number of diazo groups is 1. The van der Waals surface area contributed by atoms with Crippen molar-refractivity contribution in [2.45, 2.75) is 11.5 Å². The molecule has 0 radical (unpaired) electrons. The van der Waals surface area contributed by atoms with Gasteiger partial charge >= 0.3 is 5.69 Å². The first-order chi connectivity index (χ1) is 12.5. The summed E-state index contributed by atoms with van der Waals surface area (Å²) in [6.45, 7) is -0.156. The quantitative estimate of drug-likeness (QED) is 0.504. The summed E-state index contributed by atoms with van der Waals surface area (Å²) >= 11 is 0. The molecule has 0 saturated carbocycles. The van der Waals surface area contributed by atoms with Crippen molar-refractivity contribution in [3.8, 4) is 11.5 Å². The van der Waals surface area contributed by atoms with E-state index in [1.54, 1.807) is 24.3 Å². The van der Waals surface area contributed by atoms with Crippen LogP contribution in [0.1, 0.15) is 5.56 Å². The molecule has 0 aliphatic carbocycles. The fourth-order valence-corrected chi connectivity index (χ4v) is 3.63. The number of hydrogen-bond donors (Lipinski definition) is 0. The number of ether oxygens (including phenoxy) is 1. The molecule has 0 N–H and O–H groups in total. The summed E-state index contributed by atoms with van der Waals surface area (Å²) in [5, 5.41) is 21.3. The monoisotopic (exact) mass is 370 g/mol. The molecule has 0 spiro atoms. The highest BCUT2D eigenvalue weighted by Crippen LogP contribution is 2.35. The van der Waals surface area contributed by atoms with Gasteiger partial charge in [-0.2, -0.15) is 8.42 Å². The summed E-state index contributed by atoms with van der Waals surface area (Å²) < 4.78 is 35.4. The van der Waals surface area contributed by atoms with Crippen LogP contribution in [0.3, 0.4) is 0 Å². The Bertz CT molecular complexity index is 1100. The first-order valence-electron chi connectivity index (χ1n) is 7.56. The number of fused-ring (bicyclic) bond motifs is 1. The molecule has 3 aromatic carbocycles. The summed E-state index contributed by atoms with van der Waals surface area (Å²) in [4.78, 5) is 2.78. The van der Waals surface area contributed by atoms with Crippen molar-refractivity contribution < 1.29 is 22.4 Å². The van der Waals surface area contributed by atoms with Crippen LogP contribution in [-0.4, -0.2) is 15.5 Å². The Balaban J connectivity index is 1.94. The van der Waals surface area contributed by atoms with Gasteiger partial charge in [0.25, 0.3) is 10.1 Å². The van der Waals surface area contributed by atoms with E-state index in [2.05, 4.69) is 4.98 Å². The molecule has 0 saturated heterocycles. The average molecular weight is 370 g/mol. The van der Waals surface area contributed by atoms with E-state index < -0.39 is 15.9 Å². The maximum absolute atomic E-state index is 12.6. The van der Waals surface area contributed by atoms with Gasteiger partial charge in [-0.15, -0.1) is 0 Å². The van der Waals surface area contributed by atoms with Crippen molar-refractivity contribution in [2.24, 2.45) is 0 Å². The third-order valence-corrected chi connectivity index (χ3v) is 5.19. The maximum Gasteiger partial charge on any atom is 0.378 e. The van der Waals surface area contributed by atoms with Gasteiger partial charge in [-0.05, 0) is 41.0 Å². The minimum atomic E-state index is -4.10. The number of hydrogen-bond acceptors (Lipinski definition) is 6. The molecule has 0 bridgehead atoms. The van der Waals surface area contributed by atoms with Crippen LogP contribution in [0.5, 0.6) is 11.5 Å². The van der Waals surface area contributed by atoms with E-state index >= 15 is 0 Å². The lowest BCUT2D eigenvalue weighted by Crippen LogP contribution is -2.07. The third kappa shape index (κ3) is 3.31. The second-order valence-electron chi connectivity index (χ2n) is 5.43. The molecule has 0 aliphatic heterocycles. The van der Waals surface area contributed by atoms with Crippen molar-refractivity contribution in [1.82, 2.24) is 0 Å². The van der Waals surface area contributed by atoms with Gasteiger partial charge in [0.15, 0.2) is 4.98 Å². The van der Waals surface area contributed by atoms with Gasteiger partial charge in [0.1, 0.15) is 10.6 Å². The predicted octanol–water partition coefficient (Wildman–Crippen LogP) is 3.31. The Morgan fingerprint density at radius 2 is 1.77 bits per heavy atom. The van der Waals surface area contributed by atoms with E-state index in [9.17, 15) is 13.5 Å². The molecule has 0 fully saturated rings. The molecule has 3 aromatic rings. The summed E-state index contributed by atoms with van der Waals surface area (Å²) in [7, 11) is -2.56. The second kappa shape index (κ2) is 7.00. The molecule has 0 unspecified atom stereocenters. The molecule has 0 aliphatic rings. The van der Waals surface area contributed by atoms with Gasteiger partial charge in [-0.1, -0.05) is 24.3 Å². The number of nitrogens with zero attached hydrogens (tertiary/aromatic N) is 2. The van der Waals surface area contributed by atoms with Crippen LogP contribution in [0, 0.1) is 5.39 Å². The Labute approximate surface area is 150 Å². The molecular formula is C18H14N2O5S. The molecule has 7 nitrogen and oxygen atoms in total. The summed E-state index contributed by atoms with van der Waals surface area (Å²) in [6.07, 6.45) is 0. The Morgan fingerprint density at radius 1 is 1.04 bits per heavy atom. The molecular weight excluding hydrogens is 356 g/mol. The van der Waals surface area contributed by atoms with Crippen molar-refractivity contribution >= 4 is 26.6 Å².